The third kappa shape index (κ3) is 3.17. The second-order valence-corrected chi connectivity index (χ2v) is 7.41. The van der Waals surface area contributed by atoms with Crippen LogP contribution >= 0.6 is 11.8 Å². The molecule has 1 N–H and O–H groups in total. The van der Waals surface area contributed by atoms with Crippen molar-refractivity contribution in [2.45, 2.75) is 12.7 Å². The number of hydrogen-bond donors (Lipinski definition) is 1. The summed E-state index contributed by atoms with van der Waals surface area (Å²) < 4.78 is 41.7. The number of aromatic amines is 1. The fraction of sp³-hybridized carbons (Fsp3) is 0.200. The lowest BCUT2D eigenvalue weighted by Crippen LogP contribution is -2.39. The molecule has 2 aromatic heterocycles. The molecule has 2 heterocycles. The largest absolute Gasteiger partial charge is 0.416 e. The average Bonchev–Trinajstić information content (AvgIpc) is 3.03. The molecule has 0 saturated carbocycles. The Balaban J connectivity index is 1.94. The van der Waals surface area contributed by atoms with Gasteiger partial charge >= 0.3 is 11.7 Å². The van der Waals surface area contributed by atoms with Crippen molar-refractivity contribution in [3.63, 3.8) is 0 Å². The lowest BCUT2D eigenvalue weighted by molar-refractivity contribution is -0.665. The number of nitrogens with zero attached hydrogens (tertiary/aromatic N) is 2. The van der Waals surface area contributed by atoms with Gasteiger partial charge in [-0.15, -0.1) is 0 Å². The van der Waals surface area contributed by atoms with Crippen molar-refractivity contribution in [2.75, 3.05) is 12.0 Å². The summed E-state index contributed by atoms with van der Waals surface area (Å²) in [4.78, 5) is 13.1. The van der Waals surface area contributed by atoms with Crippen LogP contribution < -0.4 is 10.1 Å². The average molecular weight is 404 g/mol. The van der Waals surface area contributed by atoms with Crippen molar-refractivity contribution < 1.29 is 17.7 Å². The van der Waals surface area contributed by atoms with E-state index in [1.54, 1.807) is 11.8 Å². The van der Waals surface area contributed by atoms with Crippen molar-refractivity contribution >= 4 is 33.6 Å². The van der Waals surface area contributed by atoms with Gasteiger partial charge in [-0.1, -0.05) is 18.2 Å². The standard InChI is InChI=1S/C20H16F3N3OS/c1-28-11-10-25-12-13-4-2-3-5-16(13)17-18(25)19(27)26(24-17)15-8-6-14(7-9-15)20(21,22)23/h2-9,12H,10-11H2,1H3/p+1. The summed E-state index contributed by atoms with van der Waals surface area (Å²) >= 11 is 1.68. The molecule has 0 unspecified atom stereocenters. The van der Waals surface area contributed by atoms with Gasteiger partial charge in [0.15, 0.2) is 12.7 Å². The smallest absolute Gasteiger partial charge is 0.284 e. The van der Waals surface area contributed by atoms with E-state index in [4.69, 9.17) is 0 Å². The molecular weight excluding hydrogens is 387 g/mol. The van der Waals surface area contributed by atoms with E-state index in [2.05, 4.69) is 5.10 Å². The van der Waals surface area contributed by atoms with Crippen LogP contribution in [0.3, 0.4) is 0 Å². The molecule has 0 amide bonds. The summed E-state index contributed by atoms with van der Waals surface area (Å²) in [6, 6.07) is 12.3. The molecule has 0 radical (unpaired) electrons. The summed E-state index contributed by atoms with van der Waals surface area (Å²) in [5, 5.41) is 4.97. The van der Waals surface area contributed by atoms with Crippen LogP contribution in [-0.4, -0.2) is 21.8 Å². The van der Waals surface area contributed by atoms with E-state index >= 15 is 0 Å². The van der Waals surface area contributed by atoms with E-state index < -0.39 is 11.7 Å². The van der Waals surface area contributed by atoms with Crippen molar-refractivity contribution in [2.24, 2.45) is 0 Å². The van der Waals surface area contributed by atoms with Gasteiger partial charge in [0.25, 0.3) is 5.52 Å². The third-order valence-electron chi connectivity index (χ3n) is 4.67. The van der Waals surface area contributed by atoms with E-state index in [-0.39, 0.29) is 5.56 Å². The maximum Gasteiger partial charge on any atom is 0.416 e. The molecule has 0 bridgehead atoms. The highest BCUT2D eigenvalue weighted by molar-refractivity contribution is 7.98. The molecule has 0 spiro atoms. The number of aromatic nitrogens is 3. The van der Waals surface area contributed by atoms with Gasteiger partial charge in [-0.3, -0.25) is 9.89 Å². The van der Waals surface area contributed by atoms with Gasteiger partial charge in [0.05, 0.1) is 17.0 Å². The number of fused-ring (bicyclic) bond motifs is 3. The molecule has 0 aliphatic heterocycles. The minimum Gasteiger partial charge on any atom is -0.284 e. The topological polar surface area (TPSA) is 41.7 Å². The Labute approximate surface area is 162 Å². The van der Waals surface area contributed by atoms with Crippen molar-refractivity contribution in [1.82, 2.24) is 9.78 Å². The quantitative estimate of drug-likeness (QED) is 0.520. The zero-order chi connectivity index (χ0) is 19.9. The Morgan fingerprint density at radius 2 is 1.82 bits per heavy atom. The zero-order valence-electron chi connectivity index (χ0n) is 15.0. The van der Waals surface area contributed by atoms with Crippen molar-refractivity contribution in [3.8, 4) is 5.69 Å². The van der Waals surface area contributed by atoms with Crippen LogP contribution in [0.15, 0.2) is 59.5 Å². The Kier molecular flexibility index (Phi) is 4.66. The third-order valence-corrected chi connectivity index (χ3v) is 5.26. The number of alkyl halides is 3. The van der Waals surface area contributed by atoms with Crippen molar-refractivity contribution in [1.29, 1.82) is 0 Å². The van der Waals surface area contributed by atoms with Gasteiger partial charge in [0, 0.05) is 10.8 Å². The summed E-state index contributed by atoms with van der Waals surface area (Å²) in [7, 11) is 0. The minimum absolute atomic E-state index is 0.290. The number of benzene rings is 2. The summed E-state index contributed by atoms with van der Waals surface area (Å²) in [6.45, 7) is 0.655. The van der Waals surface area contributed by atoms with Crippen LogP contribution in [0.4, 0.5) is 13.2 Å². The summed E-state index contributed by atoms with van der Waals surface area (Å²) in [6.07, 6.45) is -0.475. The van der Waals surface area contributed by atoms with Crippen molar-refractivity contribution in [3.05, 3.63) is 70.6 Å². The molecule has 144 valence electrons. The normalized spacial score (nSPS) is 12.1. The molecule has 2 aromatic carbocycles. The van der Waals surface area contributed by atoms with E-state index in [9.17, 15) is 18.0 Å². The Hall–Kier alpha value is -2.74. The molecule has 8 heteroatoms. The maximum absolute atomic E-state index is 13.1. The Bertz CT molecular complexity index is 1210. The van der Waals surface area contributed by atoms with Gasteiger partial charge in [-0.05, 0) is 36.6 Å². The number of pyridine rings is 1. The second-order valence-electron chi connectivity index (χ2n) is 6.42. The van der Waals surface area contributed by atoms with Gasteiger partial charge in [0.2, 0.25) is 0 Å². The zero-order valence-corrected chi connectivity index (χ0v) is 15.8. The molecule has 0 aliphatic rings. The predicted octanol–water partition coefficient (Wildman–Crippen LogP) is 4.14. The molecule has 0 aliphatic carbocycles. The summed E-state index contributed by atoms with van der Waals surface area (Å²) in [5.74, 6) is 0.836. The second kappa shape index (κ2) is 7.01. The first kappa shape index (κ1) is 18.6. The van der Waals surface area contributed by atoms with Gasteiger partial charge in [0.1, 0.15) is 5.52 Å². The number of aryl methyl sites for hydroxylation is 1. The van der Waals surface area contributed by atoms with Gasteiger partial charge in [-0.25, -0.2) is 4.68 Å². The molecule has 4 nitrogen and oxygen atoms in total. The molecule has 4 aromatic rings. The van der Waals surface area contributed by atoms with E-state index in [0.717, 1.165) is 28.7 Å². The fourth-order valence-electron chi connectivity index (χ4n) is 3.30. The van der Waals surface area contributed by atoms with Crippen LogP contribution in [0.2, 0.25) is 0 Å². The first-order chi connectivity index (χ1) is 13.4. The number of halogens is 3. The first-order valence-corrected chi connectivity index (χ1v) is 10.0. The number of nitrogens with one attached hydrogen (secondary N) is 1. The van der Waals surface area contributed by atoms with E-state index in [1.807, 2.05) is 41.3 Å². The highest BCUT2D eigenvalue weighted by atomic mass is 32.2. The number of thioether (sulfide) groups is 1. The number of rotatable bonds is 4. The number of H-pyrrole nitrogens is 1. The van der Waals surface area contributed by atoms with Crippen LogP contribution in [0.25, 0.3) is 27.5 Å². The lowest BCUT2D eigenvalue weighted by Gasteiger charge is -2.07. The minimum atomic E-state index is -4.42. The molecule has 0 saturated heterocycles. The van der Waals surface area contributed by atoms with Gasteiger partial charge in [-0.2, -0.15) is 29.5 Å². The predicted molar refractivity (Wildman–Crippen MR) is 105 cm³/mol. The molecule has 0 fully saturated rings. The maximum atomic E-state index is 13.1. The fourth-order valence-corrected chi connectivity index (χ4v) is 3.68. The monoisotopic (exact) mass is 404 g/mol. The van der Waals surface area contributed by atoms with Crippen LogP contribution in [0.1, 0.15) is 5.56 Å². The van der Waals surface area contributed by atoms with Crippen LogP contribution in [0, 0.1) is 0 Å². The molecule has 28 heavy (non-hydrogen) atoms. The van der Waals surface area contributed by atoms with Crippen LogP contribution in [0.5, 0.6) is 0 Å². The molecule has 0 atom stereocenters. The van der Waals surface area contributed by atoms with E-state index in [0.29, 0.717) is 23.3 Å². The Morgan fingerprint density at radius 1 is 1.11 bits per heavy atom. The highest BCUT2D eigenvalue weighted by Gasteiger charge is 2.30. The lowest BCUT2D eigenvalue weighted by atomic mass is 10.1. The van der Waals surface area contributed by atoms with Crippen LogP contribution in [-0.2, 0) is 12.7 Å². The first-order valence-electron chi connectivity index (χ1n) is 8.62. The summed E-state index contributed by atoms with van der Waals surface area (Å²) in [5.41, 5.74) is 0.494. The number of hydrogen-bond acceptors (Lipinski definition) is 2. The van der Waals surface area contributed by atoms with Gasteiger partial charge < -0.3 is 0 Å². The highest BCUT2D eigenvalue weighted by Crippen LogP contribution is 2.29. The Morgan fingerprint density at radius 3 is 2.50 bits per heavy atom. The molecule has 4 rings (SSSR count). The molecular formula is C20H17F3N3OS+. The SMILES string of the molecule is CSCC[n+]1cc2ccccc2c2[nH]n(-c3ccc(C(F)(F)F)cc3)c(=O)c21. The van der Waals surface area contributed by atoms with E-state index in [1.165, 1.54) is 16.8 Å².